The Balaban J connectivity index is 0.711. The Kier molecular flexibility index (Phi) is 12.7. The van der Waals surface area contributed by atoms with Gasteiger partial charge in [0.15, 0.2) is 0 Å². The molecule has 370 valence electrons. The molecule has 0 spiro atoms. The fraction of sp³-hybridized carbons (Fsp3) is 0.434. The number of nitrogens with one attached hydrogen (secondary N) is 3. The lowest BCUT2D eigenvalue weighted by atomic mass is 9.90. The minimum absolute atomic E-state index is 0.0226. The Morgan fingerprint density at radius 3 is 2.54 bits per heavy atom. The zero-order chi connectivity index (χ0) is 49.7. The molecule has 5 aromatic rings. The van der Waals surface area contributed by atoms with Crippen molar-refractivity contribution >= 4 is 52.7 Å². The Bertz CT molecular complexity index is 3020. The minimum atomic E-state index is -0.638. The third-order valence-electron chi connectivity index (χ3n) is 14.9. The van der Waals surface area contributed by atoms with Crippen molar-refractivity contribution in [2.24, 2.45) is 12.5 Å². The first-order valence-corrected chi connectivity index (χ1v) is 24.8. The number of urea groups is 1. The fourth-order valence-electron chi connectivity index (χ4n) is 11.3. The predicted molar refractivity (Wildman–Crippen MR) is 267 cm³/mol. The summed E-state index contributed by atoms with van der Waals surface area (Å²) in [6.07, 6.45) is 10.9. The van der Waals surface area contributed by atoms with Gasteiger partial charge in [-0.2, -0.15) is 0 Å². The highest BCUT2D eigenvalue weighted by Crippen LogP contribution is 2.40. The molecule has 0 saturated carbocycles. The van der Waals surface area contributed by atoms with Gasteiger partial charge in [0.2, 0.25) is 11.8 Å². The van der Waals surface area contributed by atoms with Gasteiger partial charge in [-0.3, -0.25) is 34.2 Å². The van der Waals surface area contributed by atoms with Gasteiger partial charge >= 0.3 is 6.03 Å². The van der Waals surface area contributed by atoms with Crippen LogP contribution in [-0.4, -0.2) is 108 Å². The molecule has 10 rings (SSSR count). The van der Waals surface area contributed by atoms with Crippen molar-refractivity contribution in [3.05, 3.63) is 117 Å². The number of unbranched alkanes of at least 4 members (excludes halogenated alkanes) is 2. The molecule has 4 N–H and O–H groups in total. The number of piperidine rings is 1. The van der Waals surface area contributed by atoms with E-state index < -0.39 is 11.9 Å². The molecule has 71 heavy (non-hydrogen) atoms. The van der Waals surface area contributed by atoms with Gasteiger partial charge in [-0.15, -0.1) is 0 Å². The number of aliphatic hydroxyl groups excluding tert-OH is 1. The van der Waals surface area contributed by atoms with Crippen LogP contribution in [0.25, 0.3) is 11.1 Å². The van der Waals surface area contributed by atoms with Crippen molar-refractivity contribution in [3.63, 3.8) is 0 Å². The van der Waals surface area contributed by atoms with Crippen LogP contribution in [0.3, 0.4) is 0 Å². The molecule has 1 aliphatic carbocycles. The SMILES string of the molecule is C[C@@H]1CN(C(=O)NCCCCCc2cccc3c2CN(C2CCC(=O)NC2=O)C3=O)CCN1c1ccc(Nc2cc(-c3ccnc(N4CCn5c(cc6c5CC(C)(C)C6)C4=O)c3CO)cn(C)c2=O)nc1. The van der Waals surface area contributed by atoms with Gasteiger partial charge in [0.05, 0.1) is 18.5 Å². The lowest BCUT2D eigenvalue weighted by Crippen LogP contribution is -2.56. The highest BCUT2D eigenvalue weighted by molar-refractivity contribution is 6.07. The van der Waals surface area contributed by atoms with E-state index in [1.54, 1.807) is 53.6 Å². The standard InChI is InChI=1S/C53H61N11O7/c1-32-28-60(52(71)55-17-7-5-6-9-33-10-8-11-38-39(33)30-64(49(38)68)42-13-15-46(66)58-48(42)67)19-20-61(32)36-12-14-45(56-27-36)57-41-23-35(29-59(4)50(41)69)37-16-18-54-47(40(37)31-65)63-22-21-62-43(51(63)70)24-34-25-53(2,3)26-44(34)62/h8,10-12,14,16,18,23-24,27,29,32,42,65H,5-7,9,13,15,17,19-22,25-26,28,30-31H2,1-4H3,(H,55,71)(H,56,57)(H,58,66,67)/t32-,42?/m1/s1. The molecular weight excluding hydrogens is 903 g/mol. The molecular formula is C53H61N11O7. The molecule has 18 nitrogen and oxygen atoms in total. The van der Waals surface area contributed by atoms with E-state index in [0.29, 0.717) is 97.5 Å². The molecule has 8 heterocycles. The number of pyridine rings is 3. The molecule has 2 fully saturated rings. The fourth-order valence-corrected chi connectivity index (χ4v) is 11.3. The molecule has 4 aromatic heterocycles. The average molecular weight is 964 g/mol. The van der Waals surface area contributed by atoms with Crippen LogP contribution in [0.5, 0.6) is 0 Å². The lowest BCUT2D eigenvalue weighted by Gasteiger charge is -2.41. The molecule has 2 saturated heterocycles. The topological polar surface area (TPSA) is 207 Å². The number of aryl methyl sites for hydroxylation is 2. The maximum Gasteiger partial charge on any atom is 0.317 e. The Labute approximate surface area is 412 Å². The second-order valence-electron chi connectivity index (χ2n) is 20.4. The number of benzene rings is 1. The molecule has 0 radical (unpaired) electrons. The van der Waals surface area contributed by atoms with E-state index >= 15 is 0 Å². The Morgan fingerprint density at radius 1 is 0.915 bits per heavy atom. The molecule has 18 heteroatoms. The first-order valence-electron chi connectivity index (χ1n) is 24.8. The van der Waals surface area contributed by atoms with Crippen molar-refractivity contribution in [2.75, 3.05) is 47.8 Å². The number of fused-ring (bicyclic) bond motifs is 4. The van der Waals surface area contributed by atoms with Crippen LogP contribution in [0.15, 0.2) is 71.9 Å². The monoisotopic (exact) mass is 963 g/mol. The number of rotatable bonds is 13. The number of carbonyl (C=O) groups is 5. The molecule has 6 amide bonds. The first-order chi connectivity index (χ1) is 34.2. The maximum atomic E-state index is 14.0. The highest BCUT2D eigenvalue weighted by atomic mass is 16.3. The quantitative estimate of drug-likeness (QED) is 0.0907. The van der Waals surface area contributed by atoms with E-state index in [4.69, 9.17) is 0 Å². The Hall–Kier alpha value is -7.34. The number of hydrogen-bond acceptors (Lipinski definition) is 11. The van der Waals surface area contributed by atoms with Gasteiger partial charge < -0.3 is 39.6 Å². The maximum absolute atomic E-state index is 14.0. The summed E-state index contributed by atoms with van der Waals surface area (Å²) in [6, 6.07) is 14.3. The number of nitrogens with zero attached hydrogens (tertiary/aromatic N) is 8. The summed E-state index contributed by atoms with van der Waals surface area (Å²) in [4.78, 5) is 94.7. The van der Waals surface area contributed by atoms with E-state index in [2.05, 4.69) is 56.2 Å². The summed E-state index contributed by atoms with van der Waals surface area (Å²) in [5.41, 5.74) is 8.69. The number of carbonyl (C=O) groups excluding carboxylic acids is 5. The minimum Gasteiger partial charge on any atom is -0.392 e. The largest absolute Gasteiger partial charge is 0.392 e. The van der Waals surface area contributed by atoms with Gasteiger partial charge in [-0.05, 0) is 110 Å². The van der Waals surface area contributed by atoms with Crippen molar-refractivity contribution < 1.29 is 29.1 Å². The van der Waals surface area contributed by atoms with E-state index in [0.717, 1.165) is 55.3 Å². The molecule has 4 aliphatic heterocycles. The Morgan fingerprint density at radius 2 is 1.76 bits per heavy atom. The van der Waals surface area contributed by atoms with Crippen molar-refractivity contribution in [3.8, 4) is 11.1 Å². The first kappa shape index (κ1) is 47.3. The van der Waals surface area contributed by atoms with Crippen LogP contribution in [0.2, 0.25) is 0 Å². The summed E-state index contributed by atoms with van der Waals surface area (Å²) in [6.45, 7) is 9.90. The summed E-state index contributed by atoms with van der Waals surface area (Å²) in [5, 5.41) is 19.4. The van der Waals surface area contributed by atoms with Crippen LogP contribution in [0.4, 0.5) is 27.8 Å². The van der Waals surface area contributed by atoms with Crippen molar-refractivity contribution in [2.45, 2.75) is 104 Å². The van der Waals surface area contributed by atoms with Crippen LogP contribution < -0.4 is 31.3 Å². The molecule has 5 aliphatic rings. The summed E-state index contributed by atoms with van der Waals surface area (Å²) in [5.74, 6) is -0.151. The summed E-state index contributed by atoms with van der Waals surface area (Å²) < 4.78 is 3.63. The average Bonchev–Trinajstić information content (AvgIpc) is 3.98. The van der Waals surface area contributed by atoms with Gasteiger partial charge in [-0.25, -0.2) is 14.8 Å². The number of hydrogen-bond donors (Lipinski definition) is 4. The molecule has 0 bridgehead atoms. The predicted octanol–water partition coefficient (Wildman–Crippen LogP) is 5.06. The van der Waals surface area contributed by atoms with E-state index in [-0.39, 0.29) is 53.8 Å². The number of aliphatic hydroxyl groups is 1. The lowest BCUT2D eigenvalue weighted by molar-refractivity contribution is -0.136. The van der Waals surface area contributed by atoms with Gasteiger partial charge in [0, 0.05) is 100 Å². The summed E-state index contributed by atoms with van der Waals surface area (Å²) >= 11 is 0. The van der Waals surface area contributed by atoms with Crippen LogP contribution in [0.1, 0.15) is 102 Å². The van der Waals surface area contributed by atoms with Gasteiger partial charge in [-0.1, -0.05) is 32.4 Å². The van der Waals surface area contributed by atoms with Gasteiger partial charge in [0.1, 0.15) is 29.1 Å². The van der Waals surface area contributed by atoms with Crippen molar-refractivity contribution in [1.82, 2.24) is 39.5 Å². The third kappa shape index (κ3) is 9.16. The number of imide groups is 1. The summed E-state index contributed by atoms with van der Waals surface area (Å²) in [7, 11) is 1.67. The van der Waals surface area contributed by atoms with E-state index in [9.17, 15) is 33.9 Å². The number of piperazine rings is 1. The third-order valence-corrected chi connectivity index (χ3v) is 14.9. The normalized spacial score (nSPS) is 19.5. The zero-order valence-electron chi connectivity index (χ0n) is 40.8. The smallest absolute Gasteiger partial charge is 0.317 e. The second-order valence-corrected chi connectivity index (χ2v) is 20.4. The molecule has 2 atom stereocenters. The number of aromatic nitrogens is 4. The van der Waals surface area contributed by atoms with Crippen LogP contribution >= 0.6 is 0 Å². The van der Waals surface area contributed by atoms with Crippen molar-refractivity contribution in [1.29, 1.82) is 0 Å². The van der Waals surface area contributed by atoms with Crippen LogP contribution in [0, 0.1) is 5.41 Å². The number of amides is 6. The van der Waals surface area contributed by atoms with E-state index in [1.165, 1.54) is 15.8 Å². The molecule has 1 aromatic carbocycles. The number of anilines is 4. The van der Waals surface area contributed by atoms with Gasteiger partial charge in [0.25, 0.3) is 17.4 Å². The second kappa shape index (κ2) is 19.1. The van der Waals surface area contributed by atoms with Crippen LogP contribution in [-0.2, 0) is 55.6 Å². The zero-order valence-corrected chi connectivity index (χ0v) is 40.8. The van der Waals surface area contributed by atoms with E-state index in [1.807, 2.05) is 35.2 Å². The molecule has 1 unspecified atom stereocenters. The highest BCUT2D eigenvalue weighted by Gasteiger charge is 2.40.